The molecule has 0 radical (unpaired) electrons. The number of nitrogens with one attached hydrogen (secondary N) is 2. The third-order valence-electron chi connectivity index (χ3n) is 8.40. The number of amides is 5. The number of hydrogen-bond acceptors (Lipinski definition) is 6. The van der Waals surface area contributed by atoms with Crippen molar-refractivity contribution in [2.45, 2.75) is 56.4 Å². The van der Waals surface area contributed by atoms with E-state index >= 15 is 0 Å². The average molecular weight is 537 g/mol. The third-order valence-corrected chi connectivity index (χ3v) is 8.40. The van der Waals surface area contributed by atoms with E-state index in [1.165, 1.54) is 24.1 Å². The molecule has 0 aromatic heterocycles. The molecule has 5 amide bonds. The van der Waals surface area contributed by atoms with Crippen LogP contribution < -0.4 is 10.6 Å². The lowest BCUT2D eigenvalue weighted by molar-refractivity contribution is -0.170. The lowest BCUT2D eigenvalue weighted by Crippen LogP contribution is -2.55. The summed E-state index contributed by atoms with van der Waals surface area (Å²) in [6.07, 6.45) is 1.91. The van der Waals surface area contributed by atoms with Gasteiger partial charge in [0.2, 0.25) is 11.5 Å². The van der Waals surface area contributed by atoms with Gasteiger partial charge in [-0.2, -0.15) is 0 Å². The Labute approximate surface area is 224 Å². The number of halogens is 1. The number of aryl methyl sites for hydroxylation is 2. The molecule has 11 heteroatoms. The van der Waals surface area contributed by atoms with Crippen molar-refractivity contribution in [2.24, 2.45) is 5.92 Å². The Hall–Kier alpha value is -3.99. The molecule has 2 aromatic rings. The number of benzene rings is 2. The smallest absolute Gasteiger partial charge is 0.418 e. The van der Waals surface area contributed by atoms with Crippen LogP contribution in [0.15, 0.2) is 36.4 Å². The zero-order valence-electron chi connectivity index (χ0n) is 21.5. The molecule has 2 atom stereocenters. The Kier molecular flexibility index (Phi) is 5.87. The van der Waals surface area contributed by atoms with Gasteiger partial charge in [-0.3, -0.25) is 9.59 Å². The Morgan fingerprint density at radius 2 is 1.85 bits per heavy atom. The van der Waals surface area contributed by atoms with Gasteiger partial charge in [0.25, 0.3) is 5.91 Å². The lowest BCUT2D eigenvalue weighted by atomic mass is 9.94. The van der Waals surface area contributed by atoms with Gasteiger partial charge < -0.3 is 25.4 Å². The minimum atomic E-state index is -1.53. The summed E-state index contributed by atoms with van der Waals surface area (Å²) >= 11 is 0. The van der Waals surface area contributed by atoms with Crippen molar-refractivity contribution in [2.75, 3.05) is 18.9 Å². The molecule has 2 aliphatic carbocycles. The second-order valence-corrected chi connectivity index (χ2v) is 10.7. The molecule has 3 N–H and O–H groups in total. The van der Waals surface area contributed by atoms with Crippen molar-refractivity contribution in [3.63, 3.8) is 0 Å². The monoisotopic (exact) mass is 536 g/mol. The molecule has 1 saturated carbocycles. The van der Waals surface area contributed by atoms with Crippen LogP contribution in [0.4, 0.5) is 19.7 Å². The topological polar surface area (TPSA) is 128 Å². The van der Waals surface area contributed by atoms with Crippen LogP contribution in [0.2, 0.25) is 0 Å². The van der Waals surface area contributed by atoms with Crippen molar-refractivity contribution < 1.29 is 33.4 Å². The maximum Gasteiger partial charge on any atom is 0.418 e. The first-order valence-electron chi connectivity index (χ1n) is 13.1. The first-order chi connectivity index (χ1) is 18.6. The summed E-state index contributed by atoms with van der Waals surface area (Å²) in [5.74, 6) is -1.70. The van der Waals surface area contributed by atoms with Crippen LogP contribution in [0.3, 0.4) is 0 Å². The highest BCUT2D eigenvalue weighted by molar-refractivity contribution is 6.06. The summed E-state index contributed by atoms with van der Waals surface area (Å²) in [7, 11) is 1.50. The summed E-state index contributed by atoms with van der Waals surface area (Å²) in [5.41, 5.74) is 0.289. The van der Waals surface area contributed by atoms with Crippen molar-refractivity contribution in [1.29, 1.82) is 0 Å². The molecule has 6 rings (SSSR count). The Bertz CT molecular complexity index is 1410. The SMILES string of the molecule is CNC(=O)Nc1ccc2c(c1)CC[C@@]21OC(=O)N(CC(=O)N2Cc3ccc(F)cc3CC[C@@]2(O)C2CC2)C1=O. The predicted molar refractivity (Wildman–Crippen MR) is 136 cm³/mol. The van der Waals surface area contributed by atoms with E-state index in [1.807, 2.05) is 0 Å². The average Bonchev–Trinajstić information content (AvgIpc) is 3.70. The molecule has 39 heavy (non-hydrogen) atoms. The molecule has 10 nitrogen and oxygen atoms in total. The lowest BCUT2D eigenvalue weighted by Gasteiger charge is -2.39. The maximum atomic E-state index is 13.9. The molecule has 204 valence electrons. The number of carbonyl (C=O) groups excluding carboxylic acids is 4. The first kappa shape index (κ1) is 25.3. The molecule has 2 aliphatic heterocycles. The van der Waals surface area contributed by atoms with Crippen LogP contribution in [0, 0.1) is 11.7 Å². The van der Waals surface area contributed by atoms with Crippen molar-refractivity contribution in [3.8, 4) is 0 Å². The molecule has 0 unspecified atom stereocenters. The van der Waals surface area contributed by atoms with Gasteiger partial charge in [0.1, 0.15) is 18.1 Å². The van der Waals surface area contributed by atoms with Gasteiger partial charge in [0.15, 0.2) is 0 Å². The normalized spacial score (nSPS) is 25.7. The van der Waals surface area contributed by atoms with Crippen LogP contribution in [0.1, 0.15) is 47.9 Å². The number of nitrogens with zero attached hydrogens (tertiary/aromatic N) is 2. The number of urea groups is 1. The van der Waals surface area contributed by atoms with Crippen LogP contribution in [-0.4, -0.2) is 58.2 Å². The molecule has 1 spiro atoms. The van der Waals surface area contributed by atoms with Gasteiger partial charge in [0, 0.05) is 37.2 Å². The van der Waals surface area contributed by atoms with Gasteiger partial charge in [0.05, 0.1) is 0 Å². The van der Waals surface area contributed by atoms with E-state index in [4.69, 9.17) is 4.74 Å². The Morgan fingerprint density at radius 1 is 1.08 bits per heavy atom. The van der Waals surface area contributed by atoms with Crippen LogP contribution in [-0.2, 0) is 39.3 Å². The summed E-state index contributed by atoms with van der Waals surface area (Å²) in [6.45, 7) is -0.524. The quantitative estimate of drug-likeness (QED) is 0.551. The first-order valence-corrected chi connectivity index (χ1v) is 13.1. The zero-order valence-corrected chi connectivity index (χ0v) is 21.5. The number of anilines is 1. The number of imide groups is 1. The number of carbonyl (C=O) groups is 4. The Morgan fingerprint density at radius 3 is 2.59 bits per heavy atom. The van der Waals surface area contributed by atoms with Crippen molar-refractivity contribution in [3.05, 3.63) is 64.5 Å². The van der Waals surface area contributed by atoms with Gasteiger partial charge in [-0.05, 0) is 73.1 Å². The third kappa shape index (κ3) is 4.12. The molecule has 0 bridgehead atoms. The largest absolute Gasteiger partial charge is 0.427 e. The molecule has 2 aromatic carbocycles. The number of aliphatic hydroxyl groups is 1. The highest BCUT2D eigenvalue weighted by atomic mass is 19.1. The van der Waals surface area contributed by atoms with E-state index < -0.39 is 35.8 Å². The second kappa shape index (κ2) is 9.04. The highest BCUT2D eigenvalue weighted by Gasteiger charge is 2.59. The fraction of sp³-hybridized carbons (Fsp3) is 0.429. The number of fused-ring (bicyclic) bond motifs is 3. The van der Waals surface area contributed by atoms with Gasteiger partial charge in [-0.25, -0.2) is 18.9 Å². The van der Waals surface area contributed by atoms with E-state index in [1.54, 1.807) is 24.3 Å². The zero-order chi connectivity index (χ0) is 27.5. The standard InChI is InChI=1S/C28H29FN4O6/c1-30-25(36)31-21-6-7-22-17(13-21)8-10-27(22)24(35)32(26(37)39-27)15-23(34)33-14-18-2-5-20(29)12-16(18)9-11-28(33,38)19-3-4-19/h2,5-7,12-13,19,38H,3-4,8-11,14-15H2,1H3,(H2,30,31,36)/t27-,28-/m1/s1. The van der Waals surface area contributed by atoms with Crippen molar-refractivity contribution >= 4 is 29.6 Å². The summed E-state index contributed by atoms with van der Waals surface area (Å²) in [5, 5.41) is 16.8. The molecular formula is C28H29FN4O6. The minimum Gasteiger partial charge on any atom is -0.427 e. The molecule has 1 saturated heterocycles. The van der Waals surface area contributed by atoms with Crippen LogP contribution >= 0.6 is 0 Å². The van der Waals surface area contributed by atoms with Crippen LogP contribution in [0.25, 0.3) is 0 Å². The van der Waals surface area contributed by atoms with E-state index in [9.17, 15) is 28.7 Å². The number of rotatable bonds is 4. The summed E-state index contributed by atoms with van der Waals surface area (Å²) < 4.78 is 19.5. The van der Waals surface area contributed by atoms with E-state index in [2.05, 4.69) is 10.6 Å². The van der Waals surface area contributed by atoms with Gasteiger partial charge in [-0.15, -0.1) is 0 Å². The van der Waals surface area contributed by atoms with E-state index in [0.717, 1.165) is 34.4 Å². The van der Waals surface area contributed by atoms with Crippen LogP contribution in [0.5, 0.6) is 0 Å². The number of ether oxygens (including phenoxy) is 1. The molecular weight excluding hydrogens is 507 g/mol. The van der Waals surface area contributed by atoms with Gasteiger partial charge in [-0.1, -0.05) is 12.1 Å². The second-order valence-electron chi connectivity index (χ2n) is 10.7. The Balaban J connectivity index is 1.25. The highest BCUT2D eigenvalue weighted by Crippen LogP contribution is 2.48. The molecule has 2 fully saturated rings. The fourth-order valence-corrected chi connectivity index (χ4v) is 6.16. The number of hydrogen-bond donors (Lipinski definition) is 3. The van der Waals surface area contributed by atoms with E-state index in [0.29, 0.717) is 24.1 Å². The minimum absolute atomic E-state index is 0.0492. The van der Waals surface area contributed by atoms with E-state index in [-0.39, 0.29) is 37.2 Å². The molecule has 2 heterocycles. The maximum absolute atomic E-state index is 13.9. The summed E-state index contributed by atoms with van der Waals surface area (Å²) in [6, 6.07) is 8.99. The van der Waals surface area contributed by atoms with Crippen molar-refractivity contribution in [1.82, 2.24) is 15.1 Å². The summed E-state index contributed by atoms with van der Waals surface area (Å²) in [4.78, 5) is 54.2. The van der Waals surface area contributed by atoms with Gasteiger partial charge >= 0.3 is 12.1 Å². The molecule has 4 aliphatic rings. The fourth-order valence-electron chi connectivity index (χ4n) is 6.16. The predicted octanol–water partition coefficient (Wildman–Crippen LogP) is 2.77.